The maximum atomic E-state index is 13.0. The van der Waals surface area contributed by atoms with Gasteiger partial charge in [-0.25, -0.2) is 4.98 Å². The molecule has 0 spiro atoms. The third-order valence-electron chi connectivity index (χ3n) is 4.71. The van der Waals surface area contributed by atoms with Gasteiger partial charge < -0.3 is 9.64 Å². The van der Waals surface area contributed by atoms with E-state index in [0.29, 0.717) is 21.7 Å². The molecule has 7 heteroatoms. The van der Waals surface area contributed by atoms with E-state index in [1.807, 2.05) is 24.0 Å². The lowest BCUT2D eigenvalue weighted by Crippen LogP contribution is -2.50. The van der Waals surface area contributed by atoms with Crippen molar-refractivity contribution in [3.63, 3.8) is 0 Å². The van der Waals surface area contributed by atoms with Crippen LogP contribution in [0.2, 0.25) is 5.02 Å². The van der Waals surface area contributed by atoms with Crippen molar-refractivity contribution in [2.45, 2.75) is 26.8 Å². The lowest BCUT2D eigenvalue weighted by Gasteiger charge is -2.36. The maximum Gasteiger partial charge on any atom is 0.265 e. The molecule has 1 saturated heterocycles. The van der Waals surface area contributed by atoms with Crippen molar-refractivity contribution in [1.29, 1.82) is 0 Å². The van der Waals surface area contributed by atoms with E-state index >= 15 is 0 Å². The monoisotopic (exact) mass is 393 g/mol. The molecule has 5 nitrogen and oxygen atoms in total. The van der Waals surface area contributed by atoms with Gasteiger partial charge in [0, 0.05) is 37.2 Å². The molecule has 1 aromatic heterocycles. The van der Waals surface area contributed by atoms with Gasteiger partial charge in [0.05, 0.1) is 18.4 Å². The molecule has 1 aromatic carbocycles. The van der Waals surface area contributed by atoms with Crippen LogP contribution in [0.5, 0.6) is 5.75 Å². The number of methoxy groups -OCH3 is 1. The Morgan fingerprint density at radius 3 is 2.58 bits per heavy atom. The van der Waals surface area contributed by atoms with Gasteiger partial charge in [0.1, 0.15) is 15.6 Å². The molecule has 3 rings (SSSR count). The van der Waals surface area contributed by atoms with Gasteiger partial charge in [-0.15, -0.1) is 11.3 Å². The molecule has 26 heavy (non-hydrogen) atoms. The largest absolute Gasteiger partial charge is 0.496 e. The van der Waals surface area contributed by atoms with Gasteiger partial charge in [-0.1, -0.05) is 11.6 Å². The molecule has 1 amide bonds. The van der Waals surface area contributed by atoms with Crippen LogP contribution in [0, 0.1) is 6.92 Å². The normalized spacial score (nSPS) is 15.5. The fraction of sp³-hybridized carbons (Fsp3) is 0.474. The molecule has 2 aromatic rings. The third-order valence-corrected chi connectivity index (χ3v) is 6.13. The van der Waals surface area contributed by atoms with Crippen LogP contribution in [0.4, 0.5) is 0 Å². The van der Waals surface area contributed by atoms with Crippen LogP contribution in [-0.2, 0) is 0 Å². The minimum Gasteiger partial charge on any atom is -0.496 e. The summed E-state index contributed by atoms with van der Waals surface area (Å²) in [6.07, 6.45) is 0. The highest BCUT2D eigenvalue weighted by Crippen LogP contribution is 2.36. The fourth-order valence-electron chi connectivity index (χ4n) is 3.14. The van der Waals surface area contributed by atoms with Gasteiger partial charge in [0.25, 0.3) is 5.91 Å². The second kappa shape index (κ2) is 7.94. The molecule has 1 aliphatic heterocycles. The molecule has 0 unspecified atom stereocenters. The number of amides is 1. The van der Waals surface area contributed by atoms with Crippen LogP contribution in [0.15, 0.2) is 18.2 Å². The van der Waals surface area contributed by atoms with Gasteiger partial charge >= 0.3 is 0 Å². The highest BCUT2D eigenvalue weighted by atomic mass is 35.5. The molecule has 0 saturated carbocycles. The van der Waals surface area contributed by atoms with E-state index in [1.165, 1.54) is 11.3 Å². The molecule has 140 valence electrons. The Hall–Kier alpha value is -1.63. The number of aryl methyl sites for hydroxylation is 1. The summed E-state index contributed by atoms with van der Waals surface area (Å²) < 4.78 is 5.42. The first-order chi connectivity index (χ1) is 12.4. The molecule has 2 heterocycles. The number of nitrogens with zero attached hydrogens (tertiary/aromatic N) is 3. The number of ether oxygens (including phenoxy) is 1. The number of hydrogen-bond acceptors (Lipinski definition) is 5. The summed E-state index contributed by atoms with van der Waals surface area (Å²) in [4.78, 5) is 22.6. The topological polar surface area (TPSA) is 45.7 Å². The lowest BCUT2D eigenvalue weighted by atomic mass is 10.2. The van der Waals surface area contributed by atoms with E-state index in [1.54, 1.807) is 13.2 Å². The zero-order valence-corrected chi connectivity index (χ0v) is 17.2. The number of halogens is 1. The molecule has 1 aliphatic rings. The number of piperazine rings is 1. The Morgan fingerprint density at radius 1 is 1.27 bits per heavy atom. The lowest BCUT2D eigenvalue weighted by molar-refractivity contribution is 0.0599. The number of benzene rings is 1. The van der Waals surface area contributed by atoms with Gasteiger partial charge in [-0.2, -0.15) is 0 Å². The van der Waals surface area contributed by atoms with Crippen LogP contribution in [0.25, 0.3) is 10.6 Å². The predicted molar refractivity (Wildman–Crippen MR) is 106 cm³/mol. The molecule has 0 N–H and O–H groups in total. The Kier molecular flexibility index (Phi) is 5.85. The van der Waals surface area contributed by atoms with Gasteiger partial charge in [0.2, 0.25) is 0 Å². The molecule has 0 atom stereocenters. The average molecular weight is 394 g/mol. The third kappa shape index (κ3) is 3.87. The number of thiazole rings is 1. The number of rotatable bonds is 4. The summed E-state index contributed by atoms with van der Waals surface area (Å²) in [7, 11) is 1.62. The zero-order chi connectivity index (χ0) is 18.8. The smallest absolute Gasteiger partial charge is 0.265 e. The van der Waals surface area contributed by atoms with E-state index in [2.05, 4.69) is 23.7 Å². The van der Waals surface area contributed by atoms with Crippen molar-refractivity contribution >= 4 is 28.8 Å². The quantitative estimate of drug-likeness (QED) is 0.789. The van der Waals surface area contributed by atoms with Crippen LogP contribution in [0.1, 0.15) is 29.2 Å². The standard InChI is InChI=1S/C19H24ClN3O2S/c1-12(2)22-7-9-23(10-8-22)19(24)17-13(3)21-18(26-17)15-11-14(20)5-6-16(15)25-4/h5-6,11-12H,7-10H2,1-4H3. The van der Waals surface area contributed by atoms with Crippen molar-refractivity contribution in [2.75, 3.05) is 33.3 Å². The summed E-state index contributed by atoms with van der Waals surface area (Å²) in [5.41, 5.74) is 1.57. The fourth-order valence-corrected chi connectivity index (χ4v) is 4.37. The highest BCUT2D eigenvalue weighted by molar-refractivity contribution is 7.17. The van der Waals surface area contributed by atoms with E-state index < -0.39 is 0 Å². The minimum atomic E-state index is 0.0654. The number of aromatic nitrogens is 1. The highest BCUT2D eigenvalue weighted by Gasteiger charge is 2.26. The Bertz CT molecular complexity index is 798. The van der Waals surface area contributed by atoms with Gasteiger partial charge in [0.15, 0.2) is 0 Å². The number of hydrogen-bond donors (Lipinski definition) is 0. The van der Waals surface area contributed by atoms with Gasteiger partial charge in [-0.05, 0) is 39.0 Å². The van der Waals surface area contributed by atoms with Crippen LogP contribution in [-0.4, -0.2) is 60.0 Å². The first kappa shape index (κ1) is 19.1. The molecular weight excluding hydrogens is 370 g/mol. The summed E-state index contributed by atoms with van der Waals surface area (Å²) >= 11 is 7.54. The van der Waals surface area contributed by atoms with Crippen molar-refractivity contribution in [2.24, 2.45) is 0 Å². The molecule has 0 radical (unpaired) electrons. The summed E-state index contributed by atoms with van der Waals surface area (Å²) in [5, 5.41) is 1.37. The van der Waals surface area contributed by atoms with Gasteiger partial charge in [-0.3, -0.25) is 9.69 Å². The summed E-state index contributed by atoms with van der Waals surface area (Å²) in [6.45, 7) is 9.60. The van der Waals surface area contributed by atoms with Crippen LogP contribution >= 0.6 is 22.9 Å². The molecule has 1 fully saturated rings. The van der Waals surface area contributed by atoms with E-state index in [0.717, 1.165) is 42.4 Å². The minimum absolute atomic E-state index is 0.0654. The van der Waals surface area contributed by atoms with Crippen molar-refractivity contribution in [3.05, 3.63) is 33.8 Å². The summed E-state index contributed by atoms with van der Waals surface area (Å²) in [6, 6.07) is 5.94. The first-order valence-electron chi connectivity index (χ1n) is 8.75. The van der Waals surface area contributed by atoms with E-state index in [4.69, 9.17) is 16.3 Å². The second-order valence-corrected chi connectivity index (χ2v) is 8.14. The molecular formula is C19H24ClN3O2S. The zero-order valence-electron chi connectivity index (χ0n) is 15.6. The average Bonchev–Trinajstić information content (AvgIpc) is 3.02. The maximum absolute atomic E-state index is 13.0. The Morgan fingerprint density at radius 2 is 1.96 bits per heavy atom. The van der Waals surface area contributed by atoms with Crippen LogP contribution in [0.3, 0.4) is 0 Å². The van der Waals surface area contributed by atoms with E-state index in [-0.39, 0.29) is 5.91 Å². The number of carbonyl (C=O) groups is 1. The summed E-state index contributed by atoms with van der Waals surface area (Å²) in [5.74, 6) is 0.767. The molecule has 0 aliphatic carbocycles. The van der Waals surface area contributed by atoms with Crippen LogP contribution < -0.4 is 4.74 Å². The van der Waals surface area contributed by atoms with Crippen molar-refractivity contribution in [1.82, 2.24) is 14.8 Å². The Balaban J connectivity index is 1.83. The van der Waals surface area contributed by atoms with Crippen molar-refractivity contribution in [3.8, 4) is 16.3 Å². The predicted octanol–water partition coefficient (Wildman–Crippen LogP) is 3.95. The molecule has 0 bridgehead atoms. The van der Waals surface area contributed by atoms with Crippen molar-refractivity contribution < 1.29 is 9.53 Å². The van der Waals surface area contributed by atoms with E-state index in [9.17, 15) is 4.79 Å². The number of carbonyl (C=O) groups excluding carboxylic acids is 1. The first-order valence-corrected chi connectivity index (χ1v) is 9.94. The second-order valence-electron chi connectivity index (χ2n) is 6.70. The SMILES string of the molecule is COc1ccc(Cl)cc1-c1nc(C)c(C(=O)N2CCN(C(C)C)CC2)s1. The Labute approximate surface area is 163 Å².